The van der Waals surface area contributed by atoms with Crippen molar-refractivity contribution in [1.82, 2.24) is 18.9 Å². The molecule has 28 heavy (non-hydrogen) atoms. The van der Waals surface area contributed by atoms with Crippen LogP contribution in [0.1, 0.15) is 17.6 Å². The standard InChI is InChI=1S/C18H21N5O3S2/c1-3-15-20-23-17(24)16(13(2)19-18(23)27-15)28(25,26)22-11-9-21(10-12-22)14-7-5-4-6-8-14/h4-8H,3,9-12H2,1-2H3. The van der Waals surface area contributed by atoms with E-state index in [9.17, 15) is 13.2 Å². The van der Waals surface area contributed by atoms with Gasteiger partial charge in [0, 0.05) is 31.9 Å². The number of benzene rings is 1. The molecule has 1 aliphatic heterocycles. The van der Waals surface area contributed by atoms with E-state index in [-0.39, 0.29) is 10.6 Å². The molecule has 0 atom stereocenters. The van der Waals surface area contributed by atoms with Gasteiger partial charge in [0.05, 0.1) is 5.69 Å². The highest BCUT2D eigenvalue weighted by atomic mass is 32.2. The molecule has 1 aromatic carbocycles. The number of aromatic nitrogens is 3. The topological polar surface area (TPSA) is 87.9 Å². The monoisotopic (exact) mass is 419 g/mol. The summed E-state index contributed by atoms with van der Waals surface area (Å²) in [5, 5.41) is 4.96. The number of piperazine rings is 1. The van der Waals surface area contributed by atoms with Crippen LogP contribution in [0.3, 0.4) is 0 Å². The Balaban J connectivity index is 1.65. The number of aryl methyl sites for hydroxylation is 2. The summed E-state index contributed by atoms with van der Waals surface area (Å²) in [5.74, 6) is 0. The van der Waals surface area contributed by atoms with Crippen molar-refractivity contribution in [2.24, 2.45) is 0 Å². The predicted molar refractivity (Wildman–Crippen MR) is 109 cm³/mol. The molecule has 0 radical (unpaired) electrons. The van der Waals surface area contributed by atoms with Crippen LogP contribution in [0.15, 0.2) is 40.0 Å². The Hall–Kier alpha value is -2.30. The summed E-state index contributed by atoms with van der Waals surface area (Å²) < 4.78 is 28.9. The van der Waals surface area contributed by atoms with Crippen molar-refractivity contribution in [3.63, 3.8) is 0 Å². The molecule has 148 valence electrons. The van der Waals surface area contributed by atoms with Crippen LogP contribution in [-0.2, 0) is 16.4 Å². The Morgan fingerprint density at radius 2 is 1.79 bits per heavy atom. The number of rotatable bonds is 4. The second kappa shape index (κ2) is 7.26. The summed E-state index contributed by atoms with van der Waals surface area (Å²) in [5.41, 5.74) is 0.666. The Kier molecular flexibility index (Phi) is 4.94. The summed E-state index contributed by atoms with van der Waals surface area (Å²) in [6.45, 7) is 5.26. The number of nitrogens with zero attached hydrogens (tertiary/aromatic N) is 5. The number of fused-ring (bicyclic) bond motifs is 1. The highest BCUT2D eigenvalue weighted by Gasteiger charge is 2.33. The Morgan fingerprint density at radius 3 is 2.43 bits per heavy atom. The molecule has 0 N–H and O–H groups in total. The van der Waals surface area contributed by atoms with E-state index >= 15 is 0 Å². The van der Waals surface area contributed by atoms with E-state index in [4.69, 9.17) is 0 Å². The zero-order chi connectivity index (χ0) is 19.9. The molecule has 10 heteroatoms. The van der Waals surface area contributed by atoms with Crippen LogP contribution in [0.5, 0.6) is 0 Å². The van der Waals surface area contributed by atoms with Crippen molar-refractivity contribution in [2.45, 2.75) is 25.2 Å². The molecule has 0 saturated carbocycles. The third-order valence-electron chi connectivity index (χ3n) is 4.84. The lowest BCUT2D eigenvalue weighted by Crippen LogP contribution is -2.49. The molecule has 0 amide bonds. The van der Waals surface area contributed by atoms with Gasteiger partial charge in [-0.25, -0.2) is 13.4 Å². The average Bonchev–Trinajstić information content (AvgIpc) is 3.12. The third-order valence-corrected chi connectivity index (χ3v) is 7.92. The van der Waals surface area contributed by atoms with Gasteiger partial charge < -0.3 is 4.90 Å². The first kappa shape index (κ1) is 19.0. The van der Waals surface area contributed by atoms with Gasteiger partial charge in [0.25, 0.3) is 15.6 Å². The molecule has 8 nitrogen and oxygen atoms in total. The largest absolute Gasteiger partial charge is 0.369 e. The van der Waals surface area contributed by atoms with Crippen LogP contribution in [0.2, 0.25) is 0 Å². The molecule has 0 spiro atoms. The maximum absolute atomic E-state index is 13.2. The summed E-state index contributed by atoms with van der Waals surface area (Å²) in [7, 11) is -3.94. The zero-order valence-electron chi connectivity index (χ0n) is 15.7. The van der Waals surface area contributed by atoms with Gasteiger partial charge in [0.15, 0.2) is 4.90 Å². The van der Waals surface area contributed by atoms with Crippen LogP contribution in [-0.4, -0.2) is 53.5 Å². The minimum atomic E-state index is -3.94. The molecule has 4 rings (SSSR count). The molecule has 1 fully saturated rings. The Morgan fingerprint density at radius 1 is 1.11 bits per heavy atom. The maximum Gasteiger partial charge on any atom is 0.295 e. The van der Waals surface area contributed by atoms with E-state index in [1.54, 1.807) is 6.92 Å². The van der Waals surface area contributed by atoms with Crippen molar-refractivity contribution in [1.29, 1.82) is 0 Å². The fourth-order valence-electron chi connectivity index (χ4n) is 3.37. The van der Waals surface area contributed by atoms with Gasteiger partial charge in [-0.2, -0.15) is 13.9 Å². The molecule has 1 aliphatic rings. The lowest BCUT2D eigenvalue weighted by atomic mass is 10.2. The fourth-order valence-corrected chi connectivity index (χ4v) is 5.86. The quantitative estimate of drug-likeness (QED) is 0.637. The van der Waals surface area contributed by atoms with Gasteiger partial charge in [0.1, 0.15) is 5.01 Å². The Bertz CT molecular complexity index is 1160. The summed E-state index contributed by atoms with van der Waals surface area (Å²) in [6, 6.07) is 9.88. The van der Waals surface area contributed by atoms with Crippen LogP contribution < -0.4 is 10.5 Å². The van der Waals surface area contributed by atoms with Gasteiger partial charge >= 0.3 is 0 Å². The van der Waals surface area contributed by atoms with Crippen LogP contribution >= 0.6 is 11.3 Å². The number of hydrogen-bond donors (Lipinski definition) is 0. The van der Waals surface area contributed by atoms with Gasteiger partial charge in [0.2, 0.25) is 4.96 Å². The highest BCUT2D eigenvalue weighted by molar-refractivity contribution is 7.89. The molecule has 0 unspecified atom stereocenters. The number of hydrogen-bond acceptors (Lipinski definition) is 7. The zero-order valence-corrected chi connectivity index (χ0v) is 17.3. The second-order valence-electron chi connectivity index (χ2n) is 6.60. The van der Waals surface area contributed by atoms with Gasteiger partial charge in [-0.15, -0.1) is 0 Å². The van der Waals surface area contributed by atoms with Crippen molar-refractivity contribution in [3.05, 3.63) is 51.4 Å². The molecule has 1 saturated heterocycles. The van der Waals surface area contributed by atoms with Crippen molar-refractivity contribution in [2.75, 3.05) is 31.1 Å². The molecule has 2 aromatic heterocycles. The highest BCUT2D eigenvalue weighted by Crippen LogP contribution is 2.22. The molecule has 3 heterocycles. The number of sulfonamides is 1. The SMILES string of the molecule is CCc1nn2c(=O)c(S(=O)(=O)N3CCN(c4ccccc4)CC3)c(C)nc2s1. The van der Waals surface area contributed by atoms with Crippen LogP contribution in [0.4, 0.5) is 5.69 Å². The van der Waals surface area contributed by atoms with Gasteiger partial charge in [-0.05, 0) is 25.5 Å². The van der Waals surface area contributed by atoms with E-state index in [1.165, 1.54) is 15.6 Å². The smallest absolute Gasteiger partial charge is 0.295 e. The minimum Gasteiger partial charge on any atom is -0.369 e. The molecular weight excluding hydrogens is 398 g/mol. The predicted octanol–water partition coefficient (Wildman–Crippen LogP) is 1.53. The molecule has 3 aromatic rings. The lowest BCUT2D eigenvalue weighted by molar-refractivity contribution is 0.383. The number of para-hydroxylation sites is 1. The van der Waals surface area contributed by atoms with E-state index in [0.29, 0.717) is 37.6 Å². The summed E-state index contributed by atoms with van der Waals surface area (Å²) in [4.78, 5) is 19.5. The minimum absolute atomic E-state index is 0.224. The van der Waals surface area contributed by atoms with E-state index in [1.807, 2.05) is 37.3 Å². The van der Waals surface area contributed by atoms with E-state index < -0.39 is 15.6 Å². The first-order chi connectivity index (χ1) is 13.4. The van der Waals surface area contributed by atoms with E-state index in [2.05, 4.69) is 15.0 Å². The normalized spacial score (nSPS) is 16.0. The fraction of sp³-hybridized carbons (Fsp3) is 0.389. The molecule has 0 aliphatic carbocycles. The molecular formula is C18H21N5O3S2. The average molecular weight is 420 g/mol. The van der Waals surface area contributed by atoms with Gasteiger partial charge in [-0.1, -0.05) is 36.5 Å². The lowest BCUT2D eigenvalue weighted by Gasteiger charge is -2.35. The molecule has 0 bridgehead atoms. The van der Waals surface area contributed by atoms with E-state index in [0.717, 1.165) is 15.2 Å². The van der Waals surface area contributed by atoms with Gasteiger partial charge in [-0.3, -0.25) is 4.79 Å². The summed E-state index contributed by atoms with van der Waals surface area (Å²) >= 11 is 1.30. The van der Waals surface area contributed by atoms with Crippen LogP contribution in [0.25, 0.3) is 4.96 Å². The Labute approximate surface area is 167 Å². The third kappa shape index (κ3) is 3.21. The van der Waals surface area contributed by atoms with Crippen molar-refractivity contribution < 1.29 is 8.42 Å². The summed E-state index contributed by atoms with van der Waals surface area (Å²) in [6.07, 6.45) is 0.663. The maximum atomic E-state index is 13.2. The van der Waals surface area contributed by atoms with Crippen molar-refractivity contribution >= 4 is 32.0 Å². The van der Waals surface area contributed by atoms with Crippen LogP contribution in [0, 0.1) is 6.92 Å². The van der Waals surface area contributed by atoms with Crippen molar-refractivity contribution in [3.8, 4) is 0 Å². The number of anilines is 1. The first-order valence-corrected chi connectivity index (χ1v) is 11.4. The first-order valence-electron chi connectivity index (χ1n) is 9.11. The second-order valence-corrected chi connectivity index (χ2v) is 9.52.